The van der Waals surface area contributed by atoms with Crippen LogP contribution >= 0.6 is 0 Å². The van der Waals surface area contributed by atoms with Gasteiger partial charge in [-0.2, -0.15) is 10.2 Å². The number of fused-ring (bicyclic) bond motifs is 1. The summed E-state index contributed by atoms with van der Waals surface area (Å²) in [7, 11) is 3.48. The van der Waals surface area contributed by atoms with Crippen molar-refractivity contribution in [3.63, 3.8) is 0 Å². The molecule has 3 heterocycles. The van der Waals surface area contributed by atoms with Crippen molar-refractivity contribution in [1.82, 2.24) is 34.1 Å². The summed E-state index contributed by atoms with van der Waals surface area (Å²) >= 11 is 0. The second kappa shape index (κ2) is 5.00. The smallest absolute Gasteiger partial charge is 0.345 e. The molecule has 0 saturated heterocycles. The monoisotopic (exact) mass is 288 g/mol. The third-order valence-corrected chi connectivity index (χ3v) is 3.16. The lowest BCUT2D eigenvalue weighted by Gasteiger charge is -2.07. The van der Waals surface area contributed by atoms with Crippen LogP contribution in [0.4, 0.5) is 5.82 Å². The van der Waals surface area contributed by atoms with E-state index in [1.54, 1.807) is 17.9 Å². The van der Waals surface area contributed by atoms with Gasteiger partial charge in [0, 0.05) is 20.6 Å². The van der Waals surface area contributed by atoms with Crippen LogP contribution in [0.25, 0.3) is 11.0 Å². The molecule has 0 spiro atoms. The topological polar surface area (TPSA) is 95.5 Å². The summed E-state index contributed by atoms with van der Waals surface area (Å²) in [5.74, 6) is 1.23. The van der Waals surface area contributed by atoms with Crippen molar-refractivity contribution in [2.45, 2.75) is 13.5 Å². The molecular formula is C12H16N8O. The lowest BCUT2D eigenvalue weighted by molar-refractivity contribution is 0.622. The SMILES string of the molecule is CCNc1nc(Cn2ncn(C)c2=O)nc2c1cnn2C. The quantitative estimate of drug-likeness (QED) is 0.710. The summed E-state index contributed by atoms with van der Waals surface area (Å²) in [5.41, 5.74) is 0.522. The lowest BCUT2D eigenvalue weighted by atomic mass is 10.3. The highest BCUT2D eigenvalue weighted by Gasteiger charge is 2.12. The molecule has 0 aliphatic heterocycles. The van der Waals surface area contributed by atoms with Crippen LogP contribution in [0.1, 0.15) is 12.7 Å². The molecule has 0 unspecified atom stereocenters. The van der Waals surface area contributed by atoms with Gasteiger partial charge in [0.25, 0.3) is 0 Å². The number of anilines is 1. The molecule has 21 heavy (non-hydrogen) atoms. The average Bonchev–Trinajstić information content (AvgIpc) is 2.98. The van der Waals surface area contributed by atoms with Gasteiger partial charge in [-0.15, -0.1) is 0 Å². The van der Waals surface area contributed by atoms with Crippen LogP contribution in [0.3, 0.4) is 0 Å². The second-order valence-electron chi connectivity index (χ2n) is 4.71. The predicted octanol–water partition coefficient (Wildman–Crippen LogP) is -0.261. The van der Waals surface area contributed by atoms with E-state index in [9.17, 15) is 4.79 Å². The predicted molar refractivity (Wildman–Crippen MR) is 77.0 cm³/mol. The van der Waals surface area contributed by atoms with Gasteiger partial charge in [0.15, 0.2) is 11.5 Å². The molecule has 3 aromatic rings. The molecule has 0 aliphatic rings. The molecule has 110 valence electrons. The molecule has 0 radical (unpaired) electrons. The Morgan fingerprint density at radius 3 is 2.71 bits per heavy atom. The lowest BCUT2D eigenvalue weighted by Crippen LogP contribution is -2.24. The molecule has 0 atom stereocenters. The number of rotatable bonds is 4. The fraction of sp³-hybridized carbons (Fsp3) is 0.417. The van der Waals surface area contributed by atoms with Crippen molar-refractivity contribution in [2.75, 3.05) is 11.9 Å². The van der Waals surface area contributed by atoms with Crippen molar-refractivity contribution >= 4 is 16.9 Å². The third kappa shape index (κ3) is 2.26. The zero-order valence-corrected chi connectivity index (χ0v) is 12.1. The Morgan fingerprint density at radius 1 is 1.24 bits per heavy atom. The van der Waals surface area contributed by atoms with E-state index < -0.39 is 0 Å². The molecule has 9 heteroatoms. The van der Waals surface area contributed by atoms with E-state index in [-0.39, 0.29) is 12.2 Å². The fourth-order valence-corrected chi connectivity index (χ4v) is 2.10. The molecule has 3 rings (SSSR count). The molecule has 0 bridgehead atoms. The van der Waals surface area contributed by atoms with Crippen LogP contribution in [0.15, 0.2) is 17.3 Å². The first-order valence-electron chi connectivity index (χ1n) is 6.61. The summed E-state index contributed by atoms with van der Waals surface area (Å²) in [6.45, 7) is 2.95. The van der Waals surface area contributed by atoms with Crippen molar-refractivity contribution in [1.29, 1.82) is 0 Å². The Kier molecular flexibility index (Phi) is 3.16. The van der Waals surface area contributed by atoms with Crippen LogP contribution in [-0.4, -0.2) is 40.6 Å². The second-order valence-corrected chi connectivity index (χ2v) is 4.71. The summed E-state index contributed by atoms with van der Waals surface area (Å²) in [5, 5.41) is 12.3. The standard InChI is InChI=1S/C12H16N8O/c1-4-13-10-8-5-14-19(3)11(8)17-9(16-10)6-20-12(21)18(2)7-15-20/h5,7H,4,6H2,1-3H3,(H,13,16,17). The third-order valence-electron chi connectivity index (χ3n) is 3.16. The first-order valence-corrected chi connectivity index (χ1v) is 6.61. The van der Waals surface area contributed by atoms with Gasteiger partial charge in [0.1, 0.15) is 18.7 Å². The van der Waals surface area contributed by atoms with E-state index in [2.05, 4.69) is 25.5 Å². The van der Waals surface area contributed by atoms with E-state index in [1.165, 1.54) is 15.6 Å². The van der Waals surface area contributed by atoms with Gasteiger partial charge in [0.05, 0.1) is 11.6 Å². The van der Waals surface area contributed by atoms with E-state index in [4.69, 9.17) is 0 Å². The maximum Gasteiger partial charge on any atom is 0.345 e. The highest BCUT2D eigenvalue weighted by Crippen LogP contribution is 2.19. The number of nitrogens with zero attached hydrogens (tertiary/aromatic N) is 7. The first kappa shape index (κ1) is 13.3. The van der Waals surface area contributed by atoms with Gasteiger partial charge >= 0.3 is 5.69 Å². The summed E-state index contributed by atoms with van der Waals surface area (Å²) in [6.07, 6.45) is 3.19. The minimum Gasteiger partial charge on any atom is -0.370 e. The molecule has 0 saturated carbocycles. The summed E-state index contributed by atoms with van der Waals surface area (Å²) < 4.78 is 4.42. The minimum atomic E-state index is -0.200. The first-order chi connectivity index (χ1) is 10.1. The van der Waals surface area contributed by atoms with E-state index in [0.29, 0.717) is 5.82 Å². The average molecular weight is 288 g/mol. The molecule has 1 N–H and O–H groups in total. The zero-order chi connectivity index (χ0) is 15.0. The van der Waals surface area contributed by atoms with E-state index in [0.717, 1.165) is 23.4 Å². The number of aryl methyl sites for hydroxylation is 2. The molecule has 3 aromatic heterocycles. The van der Waals surface area contributed by atoms with Crippen molar-refractivity contribution in [3.8, 4) is 0 Å². The highest BCUT2D eigenvalue weighted by molar-refractivity contribution is 5.86. The molecule has 9 nitrogen and oxygen atoms in total. The highest BCUT2D eigenvalue weighted by atomic mass is 16.2. The van der Waals surface area contributed by atoms with Crippen molar-refractivity contribution in [3.05, 3.63) is 28.8 Å². The Labute approximate surface area is 120 Å². The van der Waals surface area contributed by atoms with Crippen LogP contribution in [0, 0.1) is 0 Å². The van der Waals surface area contributed by atoms with E-state index in [1.807, 2.05) is 14.0 Å². The van der Waals surface area contributed by atoms with Crippen molar-refractivity contribution in [2.24, 2.45) is 14.1 Å². The molecule has 0 aliphatic carbocycles. The zero-order valence-electron chi connectivity index (χ0n) is 12.1. The van der Waals surface area contributed by atoms with Crippen LogP contribution < -0.4 is 11.0 Å². The normalized spacial score (nSPS) is 11.2. The number of aromatic nitrogens is 7. The van der Waals surface area contributed by atoms with Gasteiger partial charge in [-0.05, 0) is 6.92 Å². The number of nitrogens with one attached hydrogen (secondary N) is 1. The minimum absolute atomic E-state index is 0.200. The van der Waals surface area contributed by atoms with Gasteiger partial charge in [0.2, 0.25) is 0 Å². The molecular weight excluding hydrogens is 272 g/mol. The van der Waals surface area contributed by atoms with Gasteiger partial charge < -0.3 is 5.32 Å². The maximum absolute atomic E-state index is 11.8. The van der Waals surface area contributed by atoms with Crippen LogP contribution in [0.5, 0.6) is 0 Å². The van der Waals surface area contributed by atoms with Crippen LogP contribution in [0.2, 0.25) is 0 Å². The Bertz CT molecular complexity index is 843. The fourth-order valence-electron chi connectivity index (χ4n) is 2.10. The summed E-state index contributed by atoms with van der Waals surface area (Å²) in [4.78, 5) is 20.8. The molecule has 0 aromatic carbocycles. The van der Waals surface area contributed by atoms with Gasteiger partial charge in [-0.3, -0.25) is 9.25 Å². The molecule has 0 amide bonds. The Hall–Kier alpha value is -2.71. The van der Waals surface area contributed by atoms with E-state index >= 15 is 0 Å². The van der Waals surface area contributed by atoms with Crippen LogP contribution in [-0.2, 0) is 20.6 Å². The Balaban J connectivity index is 2.08. The summed E-state index contributed by atoms with van der Waals surface area (Å²) in [6, 6.07) is 0. The van der Waals surface area contributed by atoms with Gasteiger partial charge in [-0.1, -0.05) is 0 Å². The number of hydrogen-bond acceptors (Lipinski definition) is 6. The maximum atomic E-state index is 11.8. The van der Waals surface area contributed by atoms with Gasteiger partial charge in [-0.25, -0.2) is 19.4 Å². The number of hydrogen-bond donors (Lipinski definition) is 1. The largest absolute Gasteiger partial charge is 0.370 e. The van der Waals surface area contributed by atoms with Crippen molar-refractivity contribution < 1.29 is 0 Å². The molecule has 0 fully saturated rings. The Morgan fingerprint density at radius 2 is 2.05 bits per heavy atom.